The highest BCUT2D eigenvalue weighted by Gasteiger charge is 2.16. The number of hydrogen-bond acceptors (Lipinski definition) is 4. The van der Waals surface area contributed by atoms with E-state index in [0.29, 0.717) is 23.6 Å². The molecule has 0 unspecified atom stereocenters. The summed E-state index contributed by atoms with van der Waals surface area (Å²) < 4.78 is 6.75. The van der Waals surface area contributed by atoms with Crippen molar-refractivity contribution in [1.82, 2.24) is 5.43 Å². The largest absolute Gasteiger partial charge is 0.488 e. The number of rotatable bonds is 8. The van der Waals surface area contributed by atoms with E-state index in [2.05, 4.69) is 31.8 Å². The second kappa shape index (κ2) is 12.0. The monoisotopic (exact) mass is 507 g/mol. The Balaban J connectivity index is 1.65. The van der Waals surface area contributed by atoms with Crippen molar-refractivity contribution in [3.8, 4) is 5.75 Å². The topological polar surface area (TPSA) is 79.8 Å². The smallest absolute Gasteiger partial charge is 0.329 e. The fourth-order valence-electron chi connectivity index (χ4n) is 3.27. The number of halogens is 1. The molecule has 0 atom stereocenters. The molecule has 2 amide bonds. The van der Waals surface area contributed by atoms with Crippen LogP contribution in [0.2, 0.25) is 0 Å². The van der Waals surface area contributed by atoms with Crippen molar-refractivity contribution in [3.63, 3.8) is 0 Å². The Kier molecular flexibility index (Phi) is 8.78. The van der Waals surface area contributed by atoms with Crippen molar-refractivity contribution in [2.75, 3.05) is 5.32 Å². The van der Waals surface area contributed by atoms with Crippen LogP contribution in [0.1, 0.15) is 36.1 Å². The number of carbonyl (C=O) groups is 2. The third-order valence-corrected chi connectivity index (χ3v) is 5.52. The van der Waals surface area contributed by atoms with Crippen molar-refractivity contribution >= 4 is 39.6 Å². The quantitative estimate of drug-likeness (QED) is 0.248. The fraction of sp³-hybridized carbons (Fsp3) is 0.192. The van der Waals surface area contributed by atoms with E-state index in [1.807, 2.05) is 80.6 Å². The number of carbonyl (C=O) groups excluding carboxylic acids is 2. The summed E-state index contributed by atoms with van der Waals surface area (Å²) in [5.74, 6) is -1.01. The Morgan fingerprint density at radius 1 is 0.939 bits per heavy atom. The number of hydrazone groups is 1. The number of ether oxygens (including phenoxy) is 1. The van der Waals surface area contributed by atoms with Crippen LogP contribution < -0.4 is 15.5 Å². The molecule has 0 aliphatic heterocycles. The van der Waals surface area contributed by atoms with Crippen LogP contribution in [0, 0.1) is 0 Å². The zero-order chi connectivity index (χ0) is 23.6. The van der Waals surface area contributed by atoms with E-state index in [4.69, 9.17) is 4.74 Å². The highest BCUT2D eigenvalue weighted by molar-refractivity contribution is 9.10. The molecule has 0 radical (unpaired) electrons. The molecular weight excluding hydrogens is 482 g/mol. The molecule has 0 aliphatic rings. The van der Waals surface area contributed by atoms with Crippen LogP contribution in [0.5, 0.6) is 5.75 Å². The Morgan fingerprint density at radius 3 is 2.30 bits per heavy atom. The van der Waals surface area contributed by atoms with Crippen molar-refractivity contribution in [2.24, 2.45) is 5.10 Å². The van der Waals surface area contributed by atoms with Gasteiger partial charge < -0.3 is 10.1 Å². The van der Waals surface area contributed by atoms with Crippen molar-refractivity contribution in [3.05, 3.63) is 93.5 Å². The van der Waals surface area contributed by atoms with E-state index in [1.54, 1.807) is 0 Å². The standard InChI is InChI=1S/C26H26BrN3O3/c1-3-19-11-8-12-20(4-2)24(19)29-25(31)26(32)30-28-16-21-15-22(27)13-14-23(21)33-17-18-9-6-5-7-10-18/h5-16H,3-4,17H2,1-2H3,(H,29,31)(H,30,32)/b28-16-. The molecule has 0 heterocycles. The third kappa shape index (κ3) is 6.76. The molecule has 3 rings (SSSR count). The summed E-state index contributed by atoms with van der Waals surface area (Å²) in [7, 11) is 0. The number of anilines is 1. The SMILES string of the molecule is CCc1cccc(CC)c1NC(=O)C(=O)N/N=C\c1cc(Br)ccc1OCc1ccccc1. The summed E-state index contributed by atoms with van der Waals surface area (Å²) in [6, 6.07) is 21.1. The van der Waals surface area contributed by atoms with Gasteiger partial charge in [-0.2, -0.15) is 5.10 Å². The molecule has 33 heavy (non-hydrogen) atoms. The van der Waals surface area contributed by atoms with Gasteiger partial charge in [0, 0.05) is 15.7 Å². The molecule has 0 aliphatic carbocycles. The maximum atomic E-state index is 12.4. The van der Waals surface area contributed by atoms with Gasteiger partial charge in [0.2, 0.25) is 0 Å². The molecule has 6 nitrogen and oxygen atoms in total. The van der Waals surface area contributed by atoms with E-state index < -0.39 is 11.8 Å². The van der Waals surface area contributed by atoms with Gasteiger partial charge in [0.05, 0.1) is 6.21 Å². The van der Waals surface area contributed by atoms with Gasteiger partial charge in [-0.1, -0.05) is 78.3 Å². The third-order valence-electron chi connectivity index (χ3n) is 5.02. The first kappa shape index (κ1) is 24.2. The van der Waals surface area contributed by atoms with Gasteiger partial charge in [-0.25, -0.2) is 5.43 Å². The highest BCUT2D eigenvalue weighted by Crippen LogP contribution is 2.23. The van der Waals surface area contributed by atoms with Crippen LogP contribution in [0.15, 0.2) is 76.3 Å². The number of aryl methyl sites for hydroxylation is 2. The number of para-hydroxylation sites is 1. The minimum Gasteiger partial charge on any atom is -0.488 e. The van der Waals surface area contributed by atoms with Crippen LogP contribution in [0.25, 0.3) is 0 Å². The van der Waals surface area contributed by atoms with E-state index >= 15 is 0 Å². The summed E-state index contributed by atoms with van der Waals surface area (Å²) in [5.41, 5.74) is 6.64. The molecule has 0 bridgehead atoms. The van der Waals surface area contributed by atoms with Crippen LogP contribution in [-0.4, -0.2) is 18.0 Å². The number of amides is 2. The first-order valence-electron chi connectivity index (χ1n) is 10.7. The predicted octanol–water partition coefficient (Wildman–Crippen LogP) is 5.24. The number of hydrogen-bond donors (Lipinski definition) is 2. The Hall–Kier alpha value is -3.45. The van der Waals surface area contributed by atoms with Crippen molar-refractivity contribution in [1.29, 1.82) is 0 Å². The summed E-state index contributed by atoms with van der Waals surface area (Å²) in [6.45, 7) is 4.41. The average molecular weight is 508 g/mol. The lowest BCUT2D eigenvalue weighted by Gasteiger charge is -2.13. The second-order valence-electron chi connectivity index (χ2n) is 7.27. The lowest BCUT2D eigenvalue weighted by Crippen LogP contribution is -2.33. The molecule has 0 saturated heterocycles. The first-order chi connectivity index (χ1) is 16.0. The van der Waals surface area contributed by atoms with E-state index in [0.717, 1.165) is 34.0 Å². The molecular formula is C26H26BrN3O3. The fourth-order valence-corrected chi connectivity index (χ4v) is 3.65. The normalized spacial score (nSPS) is 10.8. The molecule has 2 N–H and O–H groups in total. The lowest BCUT2D eigenvalue weighted by atomic mass is 10.0. The molecule has 0 saturated carbocycles. The minimum absolute atomic E-state index is 0.397. The van der Waals surface area contributed by atoms with Crippen molar-refractivity contribution in [2.45, 2.75) is 33.3 Å². The molecule has 0 fully saturated rings. The molecule has 0 spiro atoms. The van der Waals surface area contributed by atoms with Gasteiger partial charge >= 0.3 is 11.8 Å². The molecule has 7 heteroatoms. The molecule has 3 aromatic rings. The Bertz CT molecular complexity index is 1120. The maximum absolute atomic E-state index is 12.4. The van der Waals surface area contributed by atoms with Gasteiger partial charge in [0.25, 0.3) is 0 Å². The van der Waals surface area contributed by atoms with Gasteiger partial charge in [-0.05, 0) is 47.7 Å². The minimum atomic E-state index is -0.846. The average Bonchev–Trinajstić information content (AvgIpc) is 2.84. The Labute approximate surface area is 202 Å². The summed E-state index contributed by atoms with van der Waals surface area (Å²) in [4.78, 5) is 24.8. The van der Waals surface area contributed by atoms with E-state index in [1.165, 1.54) is 6.21 Å². The number of nitrogens with one attached hydrogen (secondary N) is 2. The maximum Gasteiger partial charge on any atom is 0.329 e. The van der Waals surface area contributed by atoms with Crippen LogP contribution in [-0.2, 0) is 29.0 Å². The van der Waals surface area contributed by atoms with Crippen LogP contribution in [0.4, 0.5) is 5.69 Å². The summed E-state index contributed by atoms with van der Waals surface area (Å²) in [6.07, 6.45) is 2.95. The Morgan fingerprint density at radius 2 is 1.64 bits per heavy atom. The molecule has 0 aromatic heterocycles. The van der Waals surface area contributed by atoms with Crippen molar-refractivity contribution < 1.29 is 14.3 Å². The second-order valence-corrected chi connectivity index (χ2v) is 8.18. The van der Waals surface area contributed by atoms with Gasteiger partial charge in [0.15, 0.2) is 0 Å². The van der Waals surface area contributed by atoms with Crippen LogP contribution in [0.3, 0.4) is 0 Å². The van der Waals surface area contributed by atoms with E-state index in [-0.39, 0.29) is 0 Å². The highest BCUT2D eigenvalue weighted by atomic mass is 79.9. The van der Waals surface area contributed by atoms with Crippen LogP contribution >= 0.6 is 15.9 Å². The lowest BCUT2D eigenvalue weighted by molar-refractivity contribution is -0.136. The number of benzene rings is 3. The van der Waals surface area contributed by atoms with Gasteiger partial charge in [-0.15, -0.1) is 0 Å². The van der Waals surface area contributed by atoms with Gasteiger partial charge in [0.1, 0.15) is 12.4 Å². The van der Waals surface area contributed by atoms with Gasteiger partial charge in [-0.3, -0.25) is 9.59 Å². The predicted molar refractivity (Wildman–Crippen MR) is 134 cm³/mol. The molecule has 3 aromatic carbocycles. The first-order valence-corrected chi connectivity index (χ1v) is 11.5. The zero-order valence-corrected chi connectivity index (χ0v) is 20.2. The van der Waals surface area contributed by atoms with E-state index in [9.17, 15) is 9.59 Å². The zero-order valence-electron chi connectivity index (χ0n) is 18.6. The number of nitrogens with zero attached hydrogens (tertiary/aromatic N) is 1. The summed E-state index contributed by atoms with van der Waals surface area (Å²) >= 11 is 3.43. The summed E-state index contributed by atoms with van der Waals surface area (Å²) in [5, 5.41) is 6.69. The molecule has 170 valence electrons.